The lowest BCUT2D eigenvalue weighted by atomic mass is 10.1. The number of hydrogen-bond donors (Lipinski definition) is 0. The smallest absolute Gasteiger partial charge is 0.338 e. The van der Waals surface area contributed by atoms with E-state index in [-0.39, 0.29) is 18.1 Å². The number of hydrogen-bond acceptors (Lipinski definition) is 5. The number of aryl methyl sites for hydroxylation is 2. The third-order valence-corrected chi connectivity index (χ3v) is 5.20. The van der Waals surface area contributed by atoms with Gasteiger partial charge in [-0.1, -0.05) is 19.3 Å². The Morgan fingerprint density at radius 3 is 2.46 bits per heavy atom. The molecule has 7 heteroatoms. The molecule has 1 aromatic carbocycles. The molecule has 0 atom stereocenters. The summed E-state index contributed by atoms with van der Waals surface area (Å²) in [6.45, 7) is 5.26. The second kappa shape index (κ2) is 8.99. The molecule has 1 aromatic heterocycles. The fourth-order valence-corrected chi connectivity index (χ4v) is 3.61. The van der Waals surface area contributed by atoms with Gasteiger partial charge in [0.1, 0.15) is 5.69 Å². The van der Waals surface area contributed by atoms with Crippen molar-refractivity contribution in [2.45, 2.75) is 52.5 Å². The van der Waals surface area contributed by atoms with E-state index in [9.17, 15) is 14.4 Å². The summed E-state index contributed by atoms with van der Waals surface area (Å²) >= 11 is 0. The predicted molar refractivity (Wildman–Crippen MR) is 106 cm³/mol. The Labute approximate surface area is 164 Å². The number of carbonyl (C=O) groups is 2. The van der Waals surface area contributed by atoms with E-state index in [2.05, 4.69) is 4.98 Å². The summed E-state index contributed by atoms with van der Waals surface area (Å²) < 4.78 is 6.87. The van der Waals surface area contributed by atoms with Crippen molar-refractivity contribution in [2.24, 2.45) is 0 Å². The number of fused-ring (bicyclic) bond motifs is 1. The molecule has 7 nitrogen and oxygen atoms in total. The number of nitrogens with zero attached hydrogens (tertiary/aromatic N) is 3. The monoisotopic (exact) mass is 385 g/mol. The summed E-state index contributed by atoms with van der Waals surface area (Å²) in [5.74, 6) is -0.708. The van der Waals surface area contributed by atoms with Gasteiger partial charge in [0.25, 0.3) is 11.5 Å². The average Bonchev–Trinajstić information content (AvgIpc) is 2.66. The van der Waals surface area contributed by atoms with Gasteiger partial charge in [-0.25, -0.2) is 9.78 Å². The van der Waals surface area contributed by atoms with Crippen LogP contribution in [0.25, 0.3) is 11.0 Å². The van der Waals surface area contributed by atoms with Gasteiger partial charge in [0.05, 0.1) is 16.6 Å². The van der Waals surface area contributed by atoms with Gasteiger partial charge in [0.15, 0.2) is 6.61 Å². The molecule has 0 spiro atoms. The molecule has 1 fully saturated rings. The van der Waals surface area contributed by atoms with Crippen LogP contribution in [0.1, 0.15) is 55.1 Å². The Morgan fingerprint density at radius 2 is 1.79 bits per heavy atom. The van der Waals surface area contributed by atoms with Crippen LogP contribution in [0.2, 0.25) is 0 Å². The van der Waals surface area contributed by atoms with E-state index in [1.54, 1.807) is 34.6 Å². The minimum atomic E-state index is -0.559. The maximum Gasteiger partial charge on any atom is 0.338 e. The van der Waals surface area contributed by atoms with Crippen molar-refractivity contribution in [3.63, 3.8) is 0 Å². The van der Waals surface area contributed by atoms with Crippen molar-refractivity contribution in [3.8, 4) is 0 Å². The lowest BCUT2D eigenvalue weighted by molar-refractivity contribution is -0.134. The van der Waals surface area contributed by atoms with Gasteiger partial charge in [-0.15, -0.1) is 0 Å². The van der Waals surface area contributed by atoms with Gasteiger partial charge in [0, 0.05) is 19.6 Å². The molecule has 0 saturated carbocycles. The third kappa shape index (κ3) is 4.40. The van der Waals surface area contributed by atoms with Crippen LogP contribution < -0.4 is 5.56 Å². The summed E-state index contributed by atoms with van der Waals surface area (Å²) in [6, 6.07) is 4.91. The quantitative estimate of drug-likeness (QED) is 0.756. The number of aromatic nitrogens is 2. The topological polar surface area (TPSA) is 81.5 Å². The number of esters is 1. The van der Waals surface area contributed by atoms with Gasteiger partial charge < -0.3 is 14.2 Å². The molecular weight excluding hydrogens is 358 g/mol. The summed E-state index contributed by atoms with van der Waals surface area (Å²) in [5, 5.41) is 0. The summed E-state index contributed by atoms with van der Waals surface area (Å²) in [5.41, 5.74) is 1.80. The molecule has 3 rings (SSSR count). The lowest BCUT2D eigenvalue weighted by Gasteiger charge is -2.24. The average molecular weight is 385 g/mol. The van der Waals surface area contributed by atoms with Crippen molar-refractivity contribution < 1.29 is 14.3 Å². The van der Waals surface area contributed by atoms with Crippen molar-refractivity contribution in [2.75, 3.05) is 19.7 Å². The fourth-order valence-electron chi connectivity index (χ4n) is 3.61. The first-order chi connectivity index (χ1) is 13.5. The number of rotatable bonds is 4. The standard InChI is InChI=1S/C21H27N3O4/c1-3-24-18-10-9-16(13-17(18)22-15(2)20(24)26)21(27)28-14-19(25)23-11-7-5-4-6-8-12-23/h9-10,13H,3-8,11-12,14H2,1-2H3. The number of likely N-dealkylation sites (tertiary alicyclic amines) is 1. The zero-order chi connectivity index (χ0) is 20.1. The molecule has 1 saturated heterocycles. The zero-order valence-corrected chi connectivity index (χ0v) is 16.6. The molecule has 28 heavy (non-hydrogen) atoms. The molecule has 150 valence electrons. The van der Waals surface area contributed by atoms with E-state index < -0.39 is 5.97 Å². The minimum Gasteiger partial charge on any atom is -0.452 e. The van der Waals surface area contributed by atoms with E-state index in [0.29, 0.717) is 28.8 Å². The first-order valence-corrected chi connectivity index (χ1v) is 9.97. The molecule has 0 radical (unpaired) electrons. The Bertz CT molecular complexity index is 927. The molecule has 2 heterocycles. The second-order valence-corrected chi connectivity index (χ2v) is 7.17. The number of carbonyl (C=O) groups excluding carboxylic acids is 2. The molecule has 0 bridgehead atoms. The molecule has 0 aliphatic carbocycles. The van der Waals surface area contributed by atoms with Gasteiger partial charge in [-0.05, 0) is 44.9 Å². The highest BCUT2D eigenvalue weighted by molar-refractivity contribution is 5.94. The predicted octanol–water partition coefficient (Wildman–Crippen LogP) is 2.67. The van der Waals surface area contributed by atoms with E-state index in [0.717, 1.165) is 38.8 Å². The van der Waals surface area contributed by atoms with Gasteiger partial charge in [-0.3, -0.25) is 9.59 Å². The Morgan fingerprint density at radius 1 is 1.11 bits per heavy atom. The Balaban J connectivity index is 1.70. The molecule has 0 N–H and O–H groups in total. The van der Waals surface area contributed by atoms with Crippen LogP contribution in [0.4, 0.5) is 0 Å². The summed E-state index contributed by atoms with van der Waals surface area (Å²) in [4.78, 5) is 43.1. The summed E-state index contributed by atoms with van der Waals surface area (Å²) in [6.07, 6.45) is 5.48. The van der Waals surface area contributed by atoms with E-state index in [1.165, 1.54) is 6.42 Å². The first kappa shape index (κ1) is 20.0. The normalized spacial score (nSPS) is 15.1. The Kier molecular flexibility index (Phi) is 6.44. The fraction of sp³-hybridized carbons (Fsp3) is 0.524. The summed E-state index contributed by atoms with van der Waals surface area (Å²) in [7, 11) is 0. The molecule has 2 aromatic rings. The highest BCUT2D eigenvalue weighted by atomic mass is 16.5. The highest BCUT2D eigenvalue weighted by Crippen LogP contribution is 2.15. The molecule has 0 unspecified atom stereocenters. The van der Waals surface area contributed by atoms with E-state index >= 15 is 0 Å². The van der Waals surface area contributed by atoms with E-state index in [4.69, 9.17) is 4.74 Å². The first-order valence-electron chi connectivity index (χ1n) is 9.97. The number of amides is 1. The van der Waals surface area contributed by atoms with Crippen LogP contribution in [0.5, 0.6) is 0 Å². The van der Waals surface area contributed by atoms with Gasteiger partial charge in [0.2, 0.25) is 0 Å². The largest absolute Gasteiger partial charge is 0.452 e. The van der Waals surface area contributed by atoms with Crippen molar-refractivity contribution in [3.05, 3.63) is 39.8 Å². The van der Waals surface area contributed by atoms with Crippen molar-refractivity contribution in [1.82, 2.24) is 14.5 Å². The third-order valence-electron chi connectivity index (χ3n) is 5.20. The SMILES string of the molecule is CCn1c(=O)c(C)nc2cc(C(=O)OCC(=O)N3CCCCCCC3)ccc21. The molecule has 1 aliphatic rings. The number of benzene rings is 1. The van der Waals surface area contributed by atoms with E-state index in [1.807, 2.05) is 6.92 Å². The molecule has 1 aliphatic heterocycles. The minimum absolute atomic E-state index is 0.135. The van der Waals surface area contributed by atoms with Gasteiger partial charge in [-0.2, -0.15) is 0 Å². The van der Waals surface area contributed by atoms with Crippen molar-refractivity contribution in [1.29, 1.82) is 0 Å². The zero-order valence-electron chi connectivity index (χ0n) is 16.6. The molecule has 1 amide bonds. The van der Waals surface area contributed by atoms with Crippen LogP contribution in [0, 0.1) is 6.92 Å². The van der Waals surface area contributed by atoms with Crippen LogP contribution >= 0.6 is 0 Å². The maximum absolute atomic E-state index is 12.4. The highest BCUT2D eigenvalue weighted by Gasteiger charge is 2.18. The maximum atomic E-state index is 12.4. The van der Waals surface area contributed by atoms with Crippen LogP contribution in [0.15, 0.2) is 23.0 Å². The second-order valence-electron chi connectivity index (χ2n) is 7.17. The molecular formula is C21H27N3O4. The lowest BCUT2D eigenvalue weighted by Crippen LogP contribution is -2.36. The van der Waals surface area contributed by atoms with Crippen LogP contribution in [-0.4, -0.2) is 46.0 Å². The van der Waals surface area contributed by atoms with Gasteiger partial charge >= 0.3 is 5.97 Å². The number of ether oxygens (including phenoxy) is 1. The van der Waals surface area contributed by atoms with Crippen LogP contribution in [0.3, 0.4) is 0 Å². The van der Waals surface area contributed by atoms with Crippen molar-refractivity contribution >= 4 is 22.9 Å². The van der Waals surface area contributed by atoms with Crippen LogP contribution in [-0.2, 0) is 16.1 Å². The Hall–Kier alpha value is -2.70.